The molecule has 1 saturated carbocycles. The Morgan fingerprint density at radius 1 is 1.22 bits per heavy atom. The molecule has 1 aliphatic heterocycles. The quantitative estimate of drug-likeness (QED) is 0.766. The SMILES string of the molecule is CCCCC1CCC(O)(C=CC2OCCO2)CC1. The molecular weight excluding hydrogens is 228 g/mol. The normalized spacial score (nSPS) is 34.4. The average Bonchev–Trinajstić information content (AvgIpc) is 2.89. The molecule has 0 unspecified atom stereocenters. The van der Waals surface area contributed by atoms with E-state index in [4.69, 9.17) is 9.47 Å². The van der Waals surface area contributed by atoms with Crippen molar-refractivity contribution in [2.45, 2.75) is 63.8 Å². The van der Waals surface area contributed by atoms with E-state index in [-0.39, 0.29) is 6.29 Å². The summed E-state index contributed by atoms with van der Waals surface area (Å²) >= 11 is 0. The molecule has 0 bridgehead atoms. The summed E-state index contributed by atoms with van der Waals surface area (Å²) in [4.78, 5) is 0. The molecule has 1 aliphatic carbocycles. The van der Waals surface area contributed by atoms with Crippen molar-refractivity contribution in [3.8, 4) is 0 Å². The predicted octanol–water partition coefficient (Wildman–Crippen LogP) is 3.03. The number of ether oxygens (including phenoxy) is 2. The van der Waals surface area contributed by atoms with Crippen molar-refractivity contribution in [3.05, 3.63) is 12.2 Å². The Morgan fingerprint density at radius 3 is 2.50 bits per heavy atom. The van der Waals surface area contributed by atoms with Crippen molar-refractivity contribution >= 4 is 0 Å². The van der Waals surface area contributed by atoms with Gasteiger partial charge < -0.3 is 14.6 Å². The minimum Gasteiger partial charge on any atom is -0.386 e. The van der Waals surface area contributed by atoms with E-state index in [9.17, 15) is 5.11 Å². The van der Waals surface area contributed by atoms with Gasteiger partial charge in [-0.05, 0) is 37.7 Å². The van der Waals surface area contributed by atoms with Crippen molar-refractivity contribution < 1.29 is 14.6 Å². The van der Waals surface area contributed by atoms with E-state index in [1.54, 1.807) is 0 Å². The first-order valence-electron chi connectivity index (χ1n) is 7.37. The van der Waals surface area contributed by atoms with Gasteiger partial charge in [0.05, 0.1) is 18.8 Å². The maximum absolute atomic E-state index is 10.5. The first kappa shape index (κ1) is 14.0. The van der Waals surface area contributed by atoms with Gasteiger partial charge in [0.25, 0.3) is 0 Å². The molecule has 0 amide bonds. The molecule has 1 N–H and O–H groups in total. The lowest BCUT2D eigenvalue weighted by Gasteiger charge is -2.34. The van der Waals surface area contributed by atoms with Crippen LogP contribution in [0.25, 0.3) is 0 Å². The van der Waals surface area contributed by atoms with Crippen LogP contribution >= 0.6 is 0 Å². The largest absolute Gasteiger partial charge is 0.386 e. The first-order chi connectivity index (χ1) is 8.72. The third-order valence-electron chi connectivity index (χ3n) is 4.15. The molecule has 1 saturated heterocycles. The second-order valence-corrected chi connectivity index (χ2v) is 5.66. The molecule has 0 aromatic carbocycles. The van der Waals surface area contributed by atoms with Crippen LogP contribution in [0.4, 0.5) is 0 Å². The fourth-order valence-corrected chi connectivity index (χ4v) is 2.87. The minimum absolute atomic E-state index is 0.244. The van der Waals surface area contributed by atoms with Gasteiger partial charge in [-0.2, -0.15) is 0 Å². The molecular formula is C15H26O3. The lowest BCUT2D eigenvalue weighted by molar-refractivity contribution is -0.00689. The summed E-state index contributed by atoms with van der Waals surface area (Å²) in [5.41, 5.74) is -0.627. The molecule has 0 aromatic heterocycles. The second kappa shape index (κ2) is 6.69. The fourth-order valence-electron chi connectivity index (χ4n) is 2.87. The molecule has 2 rings (SSSR count). The smallest absolute Gasteiger partial charge is 0.177 e. The standard InChI is InChI=1S/C15H26O3/c1-2-3-4-13-5-8-15(16,9-6-13)10-7-14-17-11-12-18-14/h7,10,13-14,16H,2-6,8-9,11-12H2,1H3. The molecule has 0 aromatic rings. The van der Waals surface area contributed by atoms with Gasteiger partial charge in [0.1, 0.15) is 0 Å². The van der Waals surface area contributed by atoms with Crippen LogP contribution in [-0.2, 0) is 9.47 Å². The molecule has 2 aliphatic rings. The number of aliphatic hydroxyl groups is 1. The van der Waals surface area contributed by atoms with E-state index >= 15 is 0 Å². The average molecular weight is 254 g/mol. The van der Waals surface area contributed by atoms with Crippen molar-refractivity contribution in [1.82, 2.24) is 0 Å². The highest BCUT2D eigenvalue weighted by Gasteiger charge is 2.31. The van der Waals surface area contributed by atoms with Gasteiger partial charge in [-0.15, -0.1) is 0 Å². The third kappa shape index (κ3) is 4.08. The number of hydrogen-bond donors (Lipinski definition) is 1. The molecule has 3 nitrogen and oxygen atoms in total. The fraction of sp³-hybridized carbons (Fsp3) is 0.867. The van der Waals surface area contributed by atoms with E-state index in [0.29, 0.717) is 13.2 Å². The molecule has 0 atom stereocenters. The van der Waals surface area contributed by atoms with Gasteiger partial charge >= 0.3 is 0 Å². The molecule has 18 heavy (non-hydrogen) atoms. The summed E-state index contributed by atoms with van der Waals surface area (Å²) in [6, 6.07) is 0. The maximum atomic E-state index is 10.5. The Bertz CT molecular complexity index is 261. The zero-order chi connectivity index (χ0) is 12.8. The molecule has 0 spiro atoms. The summed E-state index contributed by atoms with van der Waals surface area (Å²) in [7, 11) is 0. The van der Waals surface area contributed by atoms with E-state index in [0.717, 1.165) is 31.6 Å². The first-order valence-corrected chi connectivity index (χ1v) is 7.37. The summed E-state index contributed by atoms with van der Waals surface area (Å²) in [5, 5.41) is 10.5. The van der Waals surface area contributed by atoms with Gasteiger partial charge in [0, 0.05) is 0 Å². The highest BCUT2D eigenvalue weighted by Crippen LogP contribution is 2.35. The van der Waals surface area contributed by atoms with Gasteiger partial charge in [-0.25, -0.2) is 0 Å². The van der Waals surface area contributed by atoms with Crippen LogP contribution in [0.5, 0.6) is 0 Å². The minimum atomic E-state index is -0.627. The van der Waals surface area contributed by atoms with Crippen LogP contribution in [0.15, 0.2) is 12.2 Å². The highest BCUT2D eigenvalue weighted by atomic mass is 16.7. The van der Waals surface area contributed by atoms with Gasteiger partial charge in [-0.1, -0.05) is 32.3 Å². The van der Waals surface area contributed by atoms with E-state index in [1.165, 1.54) is 19.3 Å². The Morgan fingerprint density at radius 2 is 1.89 bits per heavy atom. The van der Waals surface area contributed by atoms with Crippen LogP contribution in [0.1, 0.15) is 51.9 Å². The number of unbranched alkanes of at least 4 members (excludes halogenated alkanes) is 1. The number of rotatable bonds is 5. The van der Waals surface area contributed by atoms with Crippen molar-refractivity contribution in [2.24, 2.45) is 5.92 Å². The Kier molecular flexibility index (Phi) is 5.22. The Hall–Kier alpha value is -0.380. The molecule has 104 valence electrons. The second-order valence-electron chi connectivity index (χ2n) is 5.66. The zero-order valence-corrected chi connectivity index (χ0v) is 11.4. The van der Waals surface area contributed by atoms with E-state index in [1.807, 2.05) is 12.2 Å². The summed E-state index contributed by atoms with van der Waals surface area (Å²) < 4.78 is 10.7. The van der Waals surface area contributed by atoms with Gasteiger partial charge in [0.15, 0.2) is 6.29 Å². The van der Waals surface area contributed by atoms with Crippen LogP contribution in [0.3, 0.4) is 0 Å². The van der Waals surface area contributed by atoms with E-state index in [2.05, 4.69) is 6.92 Å². The van der Waals surface area contributed by atoms with Crippen LogP contribution in [0, 0.1) is 5.92 Å². The molecule has 3 heteroatoms. The van der Waals surface area contributed by atoms with Crippen LogP contribution < -0.4 is 0 Å². The predicted molar refractivity (Wildman–Crippen MR) is 71.3 cm³/mol. The zero-order valence-electron chi connectivity index (χ0n) is 11.4. The van der Waals surface area contributed by atoms with Crippen molar-refractivity contribution in [2.75, 3.05) is 13.2 Å². The summed E-state index contributed by atoms with van der Waals surface area (Å²) in [6.07, 6.45) is 11.5. The molecule has 2 fully saturated rings. The third-order valence-corrected chi connectivity index (χ3v) is 4.15. The van der Waals surface area contributed by atoms with Crippen LogP contribution in [0.2, 0.25) is 0 Å². The monoisotopic (exact) mass is 254 g/mol. The topological polar surface area (TPSA) is 38.7 Å². The Labute approximate surface area is 110 Å². The molecule has 0 radical (unpaired) electrons. The van der Waals surface area contributed by atoms with E-state index < -0.39 is 5.60 Å². The maximum Gasteiger partial charge on any atom is 0.177 e. The summed E-state index contributed by atoms with van der Waals surface area (Å²) in [5.74, 6) is 0.817. The van der Waals surface area contributed by atoms with Crippen LogP contribution in [-0.4, -0.2) is 30.2 Å². The lowest BCUT2D eigenvalue weighted by Crippen LogP contribution is -2.32. The Balaban J connectivity index is 1.75. The lowest BCUT2D eigenvalue weighted by atomic mass is 9.77. The molecule has 1 heterocycles. The number of hydrogen-bond acceptors (Lipinski definition) is 3. The van der Waals surface area contributed by atoms with Gasteiger partial charge in [-0.3, -0.25) is 0 Å². The van der Waals surface area contributed by atoms with Crippen molar-refractivity contribution in [1.29, 1.82) is 0 Å². The van der Waals surface area contributed by atoms with Crippen molar-refractivity contribution in [3.63, 3.8) is 0 Å². The highest BCUT2D eigenvalue weighted by molar-refractivity contribution is 5.04. The summed E-state index contributed by atoms with van der Waals surface area (Å²) in [6.45, 7) is 3.56. The van der Waals surface area contributed by atoms with Gasteiger partial charge in [0.2, 0.25) is 0 Å².